The van der Waals surface area contributed by atoms with E-state index in [2.05, 4.69) is 31.2 Å². The van der Waals surface area contributed by atoms with Crippen LogP contribution in [0.4, 0.5) is 0 Å². The van der Waals surface area contributed by atoms with Gasteiger partial charge in [-0.2, -0.15) is 5.10 Å². The number of alkyl halides is 1. The zero-order valence-electron chi connectivity index (χ0n) is 8.97. The van der Waals surface area contributed by atoms with Gasteiger partial charge in [0.05, 0.1) is 12.2 Å². The third-order valence-electron chi connectivity index (χ3n) is 2.08. The molecule has 0 aromatic carbocycles. The van der Waals surface area contributed by atoms with Gasteiger partial charge in [0.15, 0.2) is 5.82 Å². The Morgan fingerprint density at radius 3 is 2.94 bits per heavy atom. The average Bonchev–Trinajstić information content (AvgIpc) is 2.84. The second-order valence-corrected chi connectivity index (χ2v) is 3.63. The first kappa shape index (κ1) is 11.1. The van der Waals surface area contributed by atoms with E-state index in [1.807, 2.05) is 6.92 Å². The quantitative estimate of drug-likeness (QED) is 0.802. The van der Waals surface area contributed by atoms with Gasteiger partial charge < -0.3 is 9.26 Å². The molecule has 0 aliphatic carbocycles. The lowest BCUT2D eigenvalue weighted by Crippen LogP contribution is -1.97. The molecule has 86 valence electrons. The summed E-state index contributed by atoms with van der Waals surface area (Å²) >= 11 is 3.38. The van der Waals surface area contributed by atoms with Crippen LogP contribution in [0.15, 0.2) is 10.9 Å². The molecule has 0 saturated carbocycles. The molecule has 0 radical (unpaired) electrons. The number of aromatic nitrogens is 4. The molecule has 0 bridgehead atoms. The normalized spacial score (nSPS) is 10.7. The molecule has 16 heavy (non-hydrogen) atoms. The van der Waals surface area contributed by atoms with E-state index in [9.17, 15) is 0 Å². The van der Waals surface area contributed by atoms with Crippen LogP contribution < -0.4 is 4.74 Å². The van der Waals surface area contributed by atoms with Crippen LogP contribution in [0.3, 0.4) is 0 Å². The molecule has 0 aliphatic rings. The topological polar surface area (TPSA) is 66.0 Å². The smallest absolute Gasteiger partial charge is 0.258 e. The van der Waals surface area contributed by atoms with E-state index in [0.29, 0.717) is 29.4 Å². The van der Waals surface area contributed by atoms with Crippen LogP contribution in [-0.2, 0) is 12.4 Å². The maximum atomic E-state index is 5.35. The van der Waals surface area contributed by atoms with Crippen LogP contribution in [0.25, 0.3) is 11.6 Å². The molecule has 0 fully saturated rings. The Balaban J connectivity index is 2.46. The fourth-order valence-electron chi connectivity index (χ4n) is 1.34. The second-order valence-electron chi connectivity index (χ2n) is 3.07. The molecule has 0 spiro atoms. The van der Waals surface area contributed by atoms with Crippen molar-refractivity contribution in [2.24, 2.45) is 7.05 Å². The maximum Gasteiger partial charge on any atom is 0.258 e. The Labute approximate surface area is 101 Å². The van der Waals surface area contributed by atoms with Crippen LogP contribution >= 0.6 is 15.9 Å². The molecular weight excluding hydrogens is 276 g/mol. The lowest BCUT2D eigenvalue weighted by Gasteiger charge is -2.00. The molecule has 0 N–H and O–H groups in total. The molecule has 6 nitrogen and oxygen atoms in total. The molecule has 0 unspecified atom stereocenters. The molecule has 0 aliphatic heterocycles. The Morgan fingerprint density at radius 1 is 1.56 bits per heavy atom. The summed E-state index contributed by atoms with van der Waals surface area (Å²) in [6.07, 6.45) is 1.47. The second kappa shape index (κ2) is 4.65. The van der Waals surface area contributed by atoms with Gasteiger partial charge in [-0.1, -0.05) is 15.9 Å². The highest BCUT2D eigenvalue weighted by Crippen LogP contribution is 2.30. The number of hydrogen-bond donors (Lipinski definition) is 0. The molecule has 7 heteroatoms. The third kappa shape index (κ3) is 1.82. The summed E-state index contributed by atoms with van der Waals surface area (Å²) in [6, 6.07) is 0. The van der Waals surface area contributed by atoms with Crippen LogP contribution in [0.5, 0.6) is 5.88 Å². The minimum absolute atomic E-state index is 0.498. The Hall–Kier alpha value is -1.37. The first-order chi connectivity index (χ1) is 7.77. The minimum atomic E-state index is 0.498. The first-order valence-corrected chi connectivity index (χ1v) is 5.91. The van der Waals surface area contributed by atoms with E-state index >= 15 is 0 Å². The highest BCUT2D eigenvalue weighted by molar-refractivity contribution is 9.08. The van der Waals surface area contributed by atoms with Crippen LogP contribution in [0, 0.1) is 0 Å². The molecule has 0 atom stereocenters. The zero-order valence-corrected chi connectivity index (χ0v) is 10.6. The standard InChI is InChI=1S/C9H11BrN4O2/c1-3-15-9-6(4-10)7(16-13-9)8-11-5-12-14(8)2/h5H,3-4H2,1-2H3. The average molecular weight is 287 g/mol. The van der Waals surface area contributed by atoms with Crippen molar-refractivity contribution >= 4 is 15.9 Å². The zero-order chi connectivity index (χ0) is 11.5. The maximum absolute atomic E-state index is 5.35. The summed E-state index contributed by atoms with van der Waals surface area (Å²) in [5.74, 6) is 1.71. The van der Waals surface area contributed by atoms with Crippen molar-refractivity contribution < 1.29 is 9.26 Å². The van der Waals surface area contributed by atoms with Gasteiger partial charge in [-0.15, -0.1) is 0 Å². The van der Waals surface area contributed by atoms with Gasteiger partial charge in [0.2, 0.25) is 5.76 Å². The number of rotatable bonds is 4. The monoisotopic (exact) mass is 286 g/mol. The SMILES string of the molecule is CCOc1noc(-c2ncnn2C)c1CBr. The van der Waals surface area contributed by atoms with Crippen molar-refractivity contribution in [1.82, 2.24) is 19.9 Å². The lowest BCUT2D eigenvalue weighted by molar-refractivity contribution is 0.295. The summed E-state index contributed by atoms with van der Waals surface area (Å²) in [7, 11) is 1.79. The highest BCUT2D eigenvalue weighted by atomic mass is 79.9. The van der Waals surface area contributed by atoms with Crippen LogP contribution in [0.2, 0.25) is 0 Å². The highest BCUT2D eigenvalue weighted by Gasteiger charge is 2.20. The molecule has 2 rings (SSSR count). The fraction of sp³-hybridized carbons (Fsp3) is 0.444. The van der Waals surface area contributed by atoms with Gasteiger partial charge in [0.1, 0.15) is 6.33 Å². The summed E-state index contributed by atoms with van der Waals surface area (Å²) in [4.78, 5) is 4.11. The van der Waals surface area contributed by atoms with Crippen molar-refractivity contribution in [1.29, 1.82) is 0 Å². The largest absolute Gasteiger partial charge is 0.476 e. The molecule has 0 amide bonds. The fourth-order valence-corrected chi connectivity index (χ4v) is 1.83. The predicted octanol–water partition coefficient (Wildman–Crippen LogP) is 1.76. The van der Waals surface area contributed by atoms with Gasteiger partial charge in [0, 0.05) is 12.4 Å². The van der Waals surface area contributed by atoms with Gasteiger partial charge in [-0.05, 0) is 12.1 Å². The summed E-state index contributed by atoms with van der Waals surface area (Å²) in [6.45, 7) is 2.44. The number of hydrogen-bond acceptors (Lipinski definition) is 5. The van der Waals surface area contributed by atoms with E-state index in [1.165, 1.54) is 6.33 Å². The lowest BCUT2D eigenvalue weighted by atomic mass is 10.2. The van der Waals surface area contributed by atoms with Crippen molar-refractivity contribution in [3.8, 4) is 17.5 Å². The Kier molecular flexibility index (Phi) is 3.23. The molecule has 2 aromatic heterocycles. The number of halogens is 1. The summed E-state index contributed by atoms with van der Waals surface area (Å²) in [5, 5.41) is 8.44. The van der Waals surface area contributed by atoms with Gasteiger partial charge in [-0.25, -0.2) is 9.67 Å². The molecular formula is C9H11BrN4O2. The van der Waals surface area contributed by atoms with Gasteiger partial charge in [0.25, 0.3) is 5.88 Å². The Bertz CT molecular complexity index is 480. The summed E-state index contributed by atoms with van der Waals surface area (Å²) in [5.41, 5.74) is 0.845. The number of aryl methyl sites for hydroxylation is 1. The van der Waals surface area contributed by atoms with E-state index in [0.717, 1.165) is 5.56 Å². The van der Waals surface area contributed by atoms with E-state index in [-0.39, 0.29) is 0 Å². The minimum Gasteiger partial charge on any atom is -0.476 e. The van der Waals surface area contributed by atoms with Crippen molar-refractivity contribution in [2.75, 3.05) is 6.61 Å². The van der Waals surface area contributed by atoms with Crippen LogP contribution in [0.1, 0.15) is 12.5 Å². The Morgan fingerprint density at radius 2 is 2.38 bits per heavy atom. The number of nitrogens with zero attached hydrogens (tertiary/aromatic N) is 4. The number of ether oxygens (including phenoxy) is 1. The van der Waals surface area contributed by atoms with E-state index in [1.54, 1.807) is 11.7 Å². The molecule has 2 aromatic rings. The molecule has 0 saturated heterocycles. The third-order valence-corrected chi connectivity index (χ3v) is 2.64. The first-order valence-electron chi connectivity index (χ1n) is 4.79. The van der Waals surface area contributed by atoms with Crippen molar-refractivity contribution in [3.05, 3.63) is 11.9 Å². The van der Waals surface area contributed by atoms with Crippen molar-refractivity contribution in [2.45, 2.75) is 12.3 Å². The summed E-state index contributed by atoms with van der Waals surface area (Å²) < 4.78 is 12.2. The van der Waals surface area contributed by atoms with Gasteiger partial charge in [-0.3, -0.25) is 0 Å². The van der Waals surface area contributed by atoms with E-state index < -0.39 is 0 Å². The van der Waals surface area contributed by atoms with Crippen molar-refractivity contribution in [3.63, 3.8) is 0 Å². The molecule has 2 heterocycles. The van der Waals surface area contributed by atoms with E-state index in [4.69, 9.17) is 9.26 Å². The van der Waals surface area contributed by atoms with Crippen LogP contribution in [-0.4, -0.2) is 26.5 Å². The predicted molar refractivity (Wildman–Crippen MR) is 60.3 cm³/mol. The van der Waals surface area contributed by atoms with Gasteiger partial charge >= 0.3 is 0 Å².